The molecule has 1 unspecified atom stereocenters. The van der Waals surface area contributed by atoms with Gasteiger partial charge in [0.15, 0.2) is 0 Å². The number of esters is 1. The average molecular weight is 391 g/mol. The van der Waals surface area contributed by atoms with Gasteiger partial charge in [-0.1, -0.05) is 11.6 Å². The van der Waals surface area contributed by atoms with Crippen LogP contribution in [0.5, 0.6) is 0 Å². The number of nitrogens with zero attached hydrogens (tertiary/aromatic N) is 4. The summed E-state index contributed by atoms with van der Waals surface area (Å²) in [4.78, 5) is 33.5. The first-order valence-corrected chi connectivity index (χ1v) is 9.53. The minimum absolute atomic E-state index is 0.0575. The highest BCUT2D eigenvalue weighted by molar-refractivity contribution is 6.30. The number of likely N-dealkylation sites (N-methyl/N-ethyl adjacent to an activating group) is 1. The number of pyridine rings is 1. The molecule has 0 radical (unpaired) electrons. The fraction of sp³-hybridized carbons (Fsp3) is 0.526. The van der Waals surface area contributed by atoms with Crippen LogP contribution in [0, 0.1) is 5.41 Å². The normalized spacial score (nSPS) is 22.0. The monoisotopic (exact) mass is 390 g/mol. The number of imidazole rings is 1. The maximum atomic E-state index is 12.8. The van der Waals surface area contributed by atoms with Crippen molar-refractivity contribution in [2.24, 2.45) is 5.41 Å². The predicted molar refractivity (Wildman–Crippen MR) is 101 cm³/mol. The SMILES string of the molecule is CN(C)CC1CC2(CCN(C(=O)c3cn4cc(Cl)ccc4n3)CC2)C(=O)O1. The summed E-state index contributed by atoms with van der Waals surface area (Å²) in [7, 11) is 3.95. The number of fused-ring (bicyclic) bond motifs is 1. The third kappa shape index (κ3) is 3.41. The van der Waals surface area contributed by atoms with E-state index in [9.17, 15) is 9.59 Å². The highest BCUT2D eigenvalue weighted by atomic mass is 35.5. The molecule has 2 aromatic heterocycles. The van der Waals surface area contributed by atoms with Crippen molar-refractivity contribution in [3.05, 3.63) is 35.2 Å². The lowest BCUT2D eigenvalue weighted by Crippen LogP contribution is -2.45. The van der Waals surface area contributed by atoms with Crippen LogP contribution in [-0.4, -0.2) is 70.9 Å². The number of likely N-dealkylation sites (tertiary alicyclic amines) is 1. The van der Waals surface area contributed by atoms with Gasteiger partial charge in [0.2, 0.25) is 0 Å². The van der Waals surface area contributed by atoms with Crippen LogP contribution in [0.2, 0.25) is 5.02 Å². The van der Waals surface area contributed by atoms with E-state index in [2.05, 4.69) is 4.98 Å². The van der Waals surface area contributed by atoms with Gasteiger partial charge < -0.3 is 18.9 Å². The quantitative estimate of drug-likeness (QED) is 0.751. The van der Waals surface area contributed by atoms with Gasteiger partial charge in [0.05, 0.1) is 10.4 Å². The van der Waals surface area contributed by atoms with Gasteiger partial charge in [-0.2, -0.15) is 0 Å². The maximum Gasteiger partial charge on any atom is 0.312 e. The van der Waals surface area contributed by atoms with Gasteiger partial charge in [-0.25, -0.2) is 4.98 Å². The summed E-state index contributed by atoms with van der Waals surface area (Å²) in [6.45, 7) is 1.81. The molecule has 2 aromatic rings. The fourth-order valence-electron chi connectivity index (χ4n) is 4.12. The number of hydrogen-bond donors (Lipinski definition) is 0. The third-order valence-corrected chi connectivity index (χ3v) is 5.76. The van der Waals surface area contributed by atoms with E-state index in [4.69, 9.17) is 16.3 Å². The number of cyclic esters (lactones) is 1. The van der Waals surface area contributed by atoms with Gasteiger partial charge in [0.25, 0.3) is 5.91 Å². The number of piperidine rings is 1. The van der Waals surface area contributed by atoms with E-state index >= 15 is 0 Å². The molecule has 1 spiro atoms. The van der Waals surface area contributed by atoms with Crippen molar-refractivity contribution in [2.75, 3.05) is 33.7 Å². The summed E-state index contributed by atoms with van der Waals surface area (Å²) in [5.74, 6) is -0.218. The third-order valence-electron chi connectivity index (χ3n) is 5.54. The molecule has 144 valence electrons. The van der Waals surface area contributed by atoms with Gasteiger partial charge in [-0.05, 0) is 39.1 Å². The summed E-state index contributed by atoms with van der Waals surface area (Å²) in [5.41, 5.74) is 0.638. The number of amides is 1. The minimum Gasteiger partial charge on any atom is -0.461 e. The number of aromatic nitrogens is 2. The molecule has 2 fully saturated rings. The molecule has 2 aliphatic rings. The van der Waals surface area contributed by atoms with Crippen LogP contribution in [0.15, 0.2) is 24.5 Å². The number of halogens is 1. The Bertz CT molecular complexity index is 886. The summed E-state index contributed by atoms with van der Waals surface area (Å²) < 4.78 is 7.34. The van der Waals surface area contributed by atoms with Gasteiger partial charge in [-0.3, -0.25) is 9.59 Å². The lowest BCUT2D eigenvalue weighted by molar-refractivity contribution is -0.150. The van der Waals surface area contributed by atoms with E-state index in [0.717, 1.165) is 13.0 Å². The second kappa shape index (κ2) is 6.80. The first-order valence-electron chi connectivity index (χ1n) is 9.16. The second-order valence-electron chi connectivity index (χ2n) is 7.81. The Labute approximate surface area is 162 Å². The Hall–Kier alpha value is -2.12. The maximum absolute atomic E-state index is 12.8. The van der Waals surface area contributed by atoms with Crippen molar-refractivity contribution in [1.29, 1.82) is 0 Å². The van der Waals surface area contributed by atoms with E-state index in [1.807, 2.05) is 19.0 Å². The zero-order chi connectivity index (χ0) is 19.2. The molecule has 0 aliphatic carbocycles. The average Bonchev–Trinajstić information content (AvgIpc) is 3.15. The molecule has 1 amide bonds. The molecule has 2 saturated heterocycles. The minimum atomic E-state index is -0.441. The van der Waals surface area contributed by atoms with Crippen molar-refractivity contribution in [3.63, 3.8) is 0 Å². The van der Waals surface area contributed by atoms with Gasteiger partial charge in [0.1, 0.15) is 17.4 Å². The molecule has 4 heterocycles. The second-order valence-corrected chi connectivity index (χ2v) is 8.24. The molecule has 7 nitrogen and oxygen atoms in total. The van der Waals surface area contributed by atoms with Crippen molar-refractivity contribution >= 4 is 29.1 Å². The Kier molecular flexibility index (Phi) is 4.60. The largest absolute Gasteiger partial charge is 0.461 e. The van der Waals surface area contributed by atoms with Crippen molar-refractivity contribution in [3.8, 4) is 0 Å². The highest BCUT2D eigenvalue weighted by Crippen LogP contribution is 2.43. The fourth-order valence-corrected chi connectivity index (χ4v) is 4.29. The molecule has 27 heavy (non-hydrogen) atoms. The van der Waals surface area contributed by atoms with Gasteiger partial charge in [0, 0.05) is 38.4 Å². The predicted octanol–water partition coefficient (Wildman–Crippen LogP) is 2.09. The van der Waals surface area contributed by atoms with Crippen molar-refractivity contribution in [2.45, 2.75) is 25.4 Å². The first-order chi connectivity index (χ1) is 12.9. The number of carbonyl (C=O) groups is 2. The van der Waals surface area contributed by atoms with Crippen LogP contribution in [-0.2, 0) is 9.53 Å². The molecule has 0 bridgehead atoms. The topological polar surface area (TPSA) is 67.2 Å². The Morgan fingerprint density at radius 1 is 1.33 bits per heavy atom. The van der Waals surface area contributed by atoms with E-state index in [1.54, 1.807) is 33.8 Å². The van der Waals surface area contributed by atoms with E-state index in [0.29, 0.717) is 42.3 Å². The van der Waals surface area contributed by atoms with Gasteiger partial charge >= 0.3 is 5.97 Å². The van der Waals surface area contributed by atoms with Crippen LogP contribution in [0.3, 0.4) is 0 Å². The lowest BCUT2D eigenvalue weighted by Gasteiger charge is -2.36. The molecule has 1 atom stereocenters. The van der Waals surface area contributed by atoms with Crippen LogP contribution in [0.4, 0.5) is 0 Å². The summed E-state index contributed by atoms with van der Waals surface area (Å²) in [6.07, 6.45) is 5.38. The molecular formula is C19H23ClN4O3. The van der Waals surface area contributed by atoms with Crippen LogP contribution < -0.4 is 0 Å². The summed E-state index contributed by atoms with van der Waals surface area (Å²) >= 11 is 5.99. The lowest BCUT2D eigenvalue weighted by atomic mass is 9.76. The Morgan fingerprint density at radius 3 is 2.78 bits per heavy atom. The zero-order valence-corrected chi connectivity index (χ0v) is 16.3. The number of carbonyl (C=O) groups excluding carboxylic acids is 2. The molecule has 0 N–H and O–H groups in total. The summed E-state index contributed by atoms with van der Waals surface area (Å²) in [5, 5.41) is 0.589. The molecular weight excluding hydrogens is 368 g/mol. The summed E-state index contributed by atoms with van der Waals surface area (Å²) in [6, 6.07) is 3.53. The molecule has 2 aliphatic heterocycles. The number of ether oxygens (including phenoxy) is 1. The smallest absolute Gasteiger partial charge is 0.312 e. The van der Waals surface area contributed by atoms with E-state index in [-0.39, 0.29) is 18.0 Å². The molecule has 0 aromatic carbocycles. The van der Waals surface area contributed by atoms with Gasteiger partial charge in [-0.15, -0.1) is 0 Å². The standard InChI is InChI=1S/C19H23ClN4O3/c1-22(2)11-14-9-19(18(26)27-14)5-7-23(8-6-19)17(25)15-12-24-10-13(20)3-4-16(24)21-15/h3-4,10,12,14H,5-9,11H2,1-2H3. The van der Waals surface area contributed by atoms with Crippen molar-refractivity contribution in [1.82, 2.24) is 19.2 Å². The zero-order valence-electron chi connectivity index (χ0n) is 15.5. The molecule has 8 heteroatoms. The van der Waals surface area contributed by atoms with Crippen LogP contribution in [0.1, 0.15) is 29.8 Å². The number of rotatable bonds is 3. The highest BCUT2D eigenvalue weighted by Gasteiger charge is 2.50. The number of hydrogen-bond acceptors (Lipinski definition) is 5. The Morgan fingerprint density at radius 2 is 2.07 bits per heavy atom. The van der Waals surface area contributed by atoms with Crippen LogP contribution >= 0.6 is 11.6 Å². The first kappa shape index (κ1) is 18.3. The van der Waals surface area contributed by atoms with E-state index in [1.165, 1.54) is 0 Å². The Balaban J connectivity index is 1.44. The molecule has 4 rings (SSSR count). The molecule has 0 saturated carbocycles. The van der Waals surface area contributed by atoms with E-state index < -0.39 is 5.41 Å². The van der Waals surface area contributed by atoms with Crippen LogP contribution in [0.25, 0.3) is 5.65 Å². The van der Waals surface area contributed by atoms with Crippen molar-refractivity contribution < 1.29 is 14.3 Å².